The molecule has 0 aliphatic carbocycles. The molecule has 0 saturated carbocycles. The predicted octanol–water partition coefficient (Wildman–Crippen LogP) is 0.266. The number of carbonyl (C=O) groups excluding carboxylic acids is 1. The van der Waals surface area contributed by atoms with E-state index in [1.807, 2.05) is 6.92 Å². The summed E-state index contributed by atoms with van der Waals surface area (Å²) in [5.74, 6) is -2.25. The van der Waals surface area contributed by atoms with E-state index in [0.29, 0.717) is 6.54 Å². The monoisotopic (exact) mass is 509 g/mol. The molecular weight excluding hydrogens is 481 g/mol. The standard InChI is InChI=1S/C22H28FN5O6S/c1-13-12-27(5-4-24-13)35(32,33)16-9-14(8-15(23)10-16)11-25-19(30)17-18(29)20(31)28-6-7-34-22(2,3)21(28)26-17/h8-10,13,24,29H,4-7,11-12H2,1-3H3,(H,25,30). The number of piperazine rings is 1. The van der Waals surface area contributed by atoms with Crippen molar-refractivity contribution in [3.05, 3.63) is 51.5 Å². The molecule has 2 aromatic rings. The summed E-state index contributed by atoms with van der Waals surface area (Å²) in [5.41, 5.74) is -2.01. The molecule has 0 bridgehead atoms. The number of carbonyl (C=O) groups is 1. The molecule has 1 atom stereocenters. The van der Waals surface area contributed by atoms with Crippen molar-refractivity contribution >= 4 is 15.9 Å². The Hall–Kier alpha value is -2.87. The smallest absolute Gasteiger partial charge is 0.296 e. The van der Waals surface area contributed by atoms with E-state index >= 15 is 0 Å². The van der Waals surface area contributed by atoms with Crippen LogP contribution in [0.3, 0.4) is 0 Å². The average molecular weight is 510 g/mol. The van der Waals surface area contributed by atoms with Crippen LogP contribution in [0.4, 0.5) is 4.39 Å². The molecular formula is C22H28FN5O6S. The maximum atomic E-state index is 14.3. The summed E-state index contributed by atoms with van der Waals surface area (Å²) < 4.78 is 48.6. The zero-order valence-electron chi connectivity index (χ0n) is 19.7. The number of sulfonamides is 1. The summed E-state index contributed by atoms with van der Waals surface area (Å²) in [6.07, 6.45) is 0. The predicted molar refractivity (Wildman–Crippen MR) is 123 cm³/mol. The van der Waals surface area contributed by atoms with Gasteiger partial charge in [0.15, 0.2) is 5.69 Å². The van der Waals surface area contributed by atoms with Crippen molar-refractivity contribution in [2.45, 2.75) is 50.4 Å². The Labute approximate surface area is 202 Å². The van der Waals surface area contributed by atoms with Crippen molar-refractivity contribution in [1.82, 2.24) is 24.5 Å². The molecule has 1 aromatic carbocycles. The fourth-order valence-corrected chi connectivity index (χ4v) is 5.84. The fraction of sp³-hybridized carbons (Fsp3) is 0.500. The number of nitrogens with one attached hydrogen (secondary N) is 2. The van der Waals surface area contributed by atoms with Crippen LogP contribution in [0.5, 0.6) is 5.75 Å². The maximum absolute atomic E-state index is 14.3. The lowest BCUT2D eigenvalue weighted by Gasteiger charge is -2.32. The Morgan fingerprint density at radius 1 is 1.34 bits per heavy atom. The Morgan fingerprint density at radius 2 is 2.09 bits per heavy atom. The highest BCUT2D eigenvalue weighted by Crippen LogP contribution is 2.27. The number of aromatic nitrogens is 2. The van der Waals surface area contributed by atoms with E-state index in [2.05, 4.69) is 15.6 Å². The zero-order valence-corrected chi connectivity index (χ0v) is 20.5. The SMILES string of the molecule is CC1CN(S(=O)(=O)c2cc(F)cc(CNC(=O)c3nc4n(c(=O)c3O)CCOC4(C)C)c2)CCN1. The van der Waals surface area contributed by atoms with Gasteiger partial charge in [-0.2, -0.15) is 4.31 Å². The number of hydrogen-bond donors (Lipinski definition) is 3. The molecule has 2 aliphatic heterocycles. The van der Waals surface area contributed by atoms with Gasteiger partial charge in [-0.3, -0.25) is 14.2 Å². The molecule has 0 spiro atoms. The molecule has 2 aliphatic rings. The number of halogens is 1. The summed E-state index contributed by atoms with van der Waals surface area (Å²) in [4.78, 5) is 29.3. The van der Waals surface area contributed by atoms with E-state index in [1.165, 1.54) is 14.9 Å². The molecule has 4 rings (SSSR count). The molecule has 35 heavy (non-hydrogen) atoms. The largest absolute Gasteiger partial charge is 0.501 e. The minimum Gasteiger partial charge on any atom is -0.501 e. The minimum atomic E-state index is -3.94. The van der Waals surface area contributed by atoms with Crippen molar-refractivity contribution in [2.75, 3.05) is 26.2 Å². The second-order valence-corrected chi connectivity index (χ2v) is 11.1. The highest BCUT2D eigenvalue weighted by Gasteiger charge is 2.34. The van der Waals surface area contributed by atoms with Crippen molar-refractivity contribution in [3.63, 3.8) is 0 Å². The highest BCUT2D eigenvalue weighted by atomic mass is 32.2. The van der Waals surface area contributed by atoms with Crippen LogP contribution in [-0.2, 0) is 33.5 Å². The van der Waals surface area contributed by atoms with Gasteiger partial charge in [0.2, 0.25) is 15.8 Å². The minimum absolute atomic E-state index is 0.0397. The molecule has 3 N–H and O–H groups in total. The number of benzene rings is 1. The summed E-state index contributed by atoms with van der Waals surface area (Å²) in [6.45, 7) is 6.42. The molecule has 0 radical (unpaired) electrons. The lowest BCUT2D eigenvalue weighted by molar-refractivity contribution is -0.0566. The van der Waals surface area contributed by atoms with Crippen molar-refractivity contribution in [1.29, 1.82) is 0 Å². The quantitative estimate of drug-likeness (QED) is 0.521. The molecule has 1 aromatic heterocycles. The van der Waals surface area contributed by atoms with E-state index in [1.54, 1.807) is 13.8 Å². The number of nitrogens with zero attached hydrogens (tertiary/aromatic N) is 3. The van der Waals surface area contributed by atoms with Crippen LogP contribution in [0.1, 0.15) is 42.6 Å². The van der Waals surface area contributed by atoms with Gasteiger partial charge < -0.3 is 20.5 Å². The van der Waals surface area contributed by atoms with Crippen LogP contribution in [-0.4, -0.2) is 65.6 Å². The van der Waals surface area contributed by atoms with E-state index in [-0.39, 0.29) is 55.1 Å². The van der Waals surface area contributed by atoms with Crippen LogP contribution in [0.2, 0.25) is 0 Å². The molecule has 13 heteroatoms. The van der Waals surface area contributed by atoms with Crippen molar-refractivity contribution in [2.24, 2.45) is 0 Å². The summed E-state index contributed by atoms with van der Waals surface area (Å²) in [5, 5.41) is 15.9. The van der Waals surface area contributed by atoms with Gasteiger partial charge in [0.25, 0.3) is 11.5 Å². The number of hydrogen-bond acceptors (Lipinski definition) is 8. The second kappa shape index (κ2) is 9.30. The molecule has 1 fully saturated rings. The maximum Gasteiger partial charge on any atom is 0.296 e. The van der Waals surface area contributed by atoms with E-state index < -0.39 is 44.4 Å². The summed E-state index contributed by atoms with van der Waals surface area (Å²) in [6, 6.07) is 3.29. The van der Waals surface area contributed by atoms with Crippen molar-refractivity contribution in [3.8, 4) is 5.75 Å². The molecule has 11 nitrogen and oxygen atoms in total. The summed E-state index contributed by atoms with van der Waals surface area (Å²) in [7, 11) is -3.94. The van der Waals surface area contributed by atoms with Gasteiger partial charge in [0, 0.05) is 32.2 Å². The molecule has 1 amide bonds. The molecule has 190 valence electrons. The highest BCUT2D eigenvalue weighted by molar-refractivity contribution is 7.89. The Balaban J connectivity index is 1.57. The van der Waals surface area contributed by atoms with Gasteiger partial charge in [-0.1, -0.05) is 0 Å². The molecule has 1 saturated heterocycles. The first-order valence-corrected chi connectivity index (χ1v) is 12.6. The van der Waals surface area contributed by atoms with E-state index in [9.17, 15) is 27.5 Å². The first-order valence-electron chi connectivity index (χ1n) is 11.2. The topological polar surface area (TPSA) is 143 Å². The third kappa shape index (κ3) is 4.94. The first-order chi connectivity index (χ1) is 16.4. The summed E-state index contributed by atoms with van der Waals surface area (Å²) >= 11 is 0. The normalized spacial score (nSPS) is 20.3. The van der Waals surface area contributed by atoms with Gasteiger partial charge >= 0.3 is 0 Å². The van der Waals surface area contributed by atoms with Crippen molar-refractivity contribution < 1.29 is 27.4 Å². The van der Waals surface area contributed by atoms with Crippen LogP contribution in [0, 0.1) is 5.82 Å². The van der Waals surface area contributed by atoms with Gasteiger partial charge in [0.1, 0.15) is 17.2 Å². The van der Waals surface area contributed by atoms with Gasteiger partial charge in [-0.25, -0.2) is 17.8 Å². The average Bonchev–Trinajstić information content (AvgIpc) is 2.79. The number of rotatable bonds is 5. The molecule has 3 heterocycles. The second-order valence-electron chi connectivity index (χ2n) is 9.14. The van der Waals surface area contributed by atoms with Gasteiger partial charge in [0.05, 0.1) is 18.0 Å². The van der Waals surface area contributed by atoms with Crippen LogP contribution in [0.15, 0.2) is 27.9 Å². The lowest BCUT2D eigenvalue weighted by atomic mass is 10.1. The third-order valence-corrected chi connectivity index (χ3v) is 7.87. The number of aromatic hydroxyl groups is 1. The first kappa shape index (κ1) is 25.2. The lowest BCUT2D eigenvalue weighted by Crippen LogP contribution is -2.51. The van der Waals surface area contributed by atoms with Gasteiger partial charge in [-0.15, -0.1) is 0 Å². The third-order valence-electron chi connectivity index (χ3n) is 6.03. The number of fused-ring (bicyclic) bond motifs is 1. The number of ether oxygens (including phenoxy) is 1. The number of amides is 1. The molecule has 1 unspecified atom stereocenters. The Kier molecular flexibility index (Phi) is 6.70. The van der Waals surface area contributed by atoms with Gasteiger partial charge in [-0.05, 0) is 44.5 Å². The van der Waals surface area contributed by atoms with Crippen LogP contribution >= 0.6 is 0 Å². The fourth-order valence-electron chi connectivity index (χ4n) is 4.23. The Bertz CT molecular complexity index is 1330. The zero-order chi connectivity index (χ0) is 25.5. The van der Waals surface area contributed by atoms with Crippen LogP contribution < -0.4 is 16.2 Å². The van der Waals surface area contributed by atoms with E-state index in [4.69, 9.17) is 4.74 Å². The van der Waals surface area contributed by atoms with Crippen LogP contribution in [0.25, 0.3) is 0 Å². The van der Waals surface area contributed by atoms with E-state index in [0.717, 1.165) is 12.1 Å². The Morgan fingerprint density at radius 3 is 2.80 bits per heavy atom.